The van der Waals surface area contributed by atoms with Gasteiger partial charge in [0.25, 0.3) is 0 Å². The lowest BCUT2D eigenvalue weighted by Gasteiger charge is -2.41. The van der Waals surface area contributed by atoms with Gasteiger partial charge in [-0.1, -0.05) is 320 Å². The van der Waals surface area contributed by atoms with Crippen LogP contribution in [0.5, 0.6) is 0 Å². The summed E-state index contributed by atoms with van der Waals surface area (Å²) in [6.07, 6.45) is 63.3. The third kappa shape index (κ3) is 47.6. The van der Waals surface area contributed by atoms with E-state index in [1.807, 2.05) is 6.08 Å². The summed E-state index contributed by atoms with van der Waals surface area (Å²) in [6.45, 7) is 5.81. The number of carbonyl (C=O) groups is 2. The van der Waals surface area contributed by atoms with Gasteiger partial charge in [0.1, 0.15) is 24.4 Å². The van der Waals surface area contributed by atoms with Crippen molar-refractivity contribution in [1.82, 2.24) is 5.32 Å². The summed E-state index contributed by atoms with van der Waals surface area (Å²) >= 11 is 0. The molecule has 1 heterocycles. The lowest BCUT2D eigenvalue weighted by molar-refractivity contribution is -0.305. The normalized spacial score (nSPS) is 18.7. The van der Waals surface area contributed by atoms with Crippen molar-refractivity contribution in [1.29, 1.82) is 0 Å². The maximum Gasteiger partial charge on any atom is 0.306 e. The highest BCUT2D eigenvalue weighted by molar-refractivity contribution is 5.80. The highest BCUT2D eigenvalue weighted by Gasteiger charge is 2.47. The number of aliphatic hydroxyl groups is 5. The molecule has 83 heavy (non-hydrogen) atoms. The van der Waals surface area contributed by atoms with Crippen LogP contribution in [0, 0.1) is 0 Å². The van der Waals surface area contributed by atoms with Gasteiger partial charge in [0, 0.05) is 6.42 Å². The van der Waals surface area contributed by atoms with Crippen molar-refractivity contribution < 1.29 is 49.3 Å². The van der Waals surface area contributed by atoms with Crippen LogP contribution in [-0.4, -0.2) is 99.6 Å². The Morgan fingerprint density at radius 1 is 0.470 bits per heavy atom. The molecule has 0 aromatic heterocycles. The third-order valence-corrected chi connectivity index (χ3v) is 17.0. The molecule has 1 amide bonds. The number of allylic oxidation sites excluding steroid dienone is 5. The lowest BCUT2D eigenvalue weighted by Crippen LogP contribution is -2.61. The molecule has 0 bridgehead atoms. The summed E-state index contributed by atoms with van der Waals surface area (Å²) in [5.74, 6) is -1.18. The van der Waals surface area contributed by atoms with Gasteiger partial charge in [-0.3, -0.25) is 9.59 Å². The zero-order chi connectivity index (χ0) is 60.3. The van der Waals surface area contributed by atoms with Crippen molar-refractivity contribution in [2.75, 3.05) is 13.2 Å². The molecule has 11 heteroatoms. The molecule has 6 N–H and O–H groups in total. The number of hydrogen-bond donors (Lipinski definition) is 6. The SMILES string of the molecule is CCCCC/C=C\C/C=C\CCCCCCCCCCCCCCC(O)C(=O)NC(COC1OC(CO)C(O)C(O)C1OC(=O)CCCCCCCCCCCCCCCCCCCCCCC)C(O)/C=C/CCCCCCCCCCC. The number of ether oxygens (including phenoxy) is 3. The summed E-state index contributed by atoms with van der Waals surface area (Å²) in [6, 6.07) is -1.02. The topological polar surface area (TPSA) is 175 Å². The summed E-state index contributed by atoms with van der Waals surface area (Å²) < 4.78 is 17.7. The fraction of sp³-hybridized carbons (Fsp3) is 0.889. The molecule has 0 aliphatic carbocycles. The molecule has 0 radical (unpaired) electrons. The van der Waals surface area contributed by atoms with Crippen LogP contribution in [-0.2, 0) is 23.8 Å². The van der Waals surface area contributed by atoms with Gasteiger partial charge in [-0.15, -0.1) is 0 Å². The molecule has 8 unspecified atom stereocenters. The molecule has 1 aliphatic rings. The van der Waals surface area contributed by atoms with E-state index in [0.29, 0.717) is 19.3 Å². The molecular weight excluding hydrogens is 1040 g/mol. The van der Waals surface area contributed by atoms with E-state index in [1.54, 1.807) is 6.08 Å². The first-order valence-corrected chi connectivity index (χ1v) is 35.8. The fourth-order valence-corrected chi connectivity index (χ4v) is 11.4. The first-order chi connectivity index (χ1) is 40.7. The summed E-state index contributed by atoms with van der Waals surface area (Å²) in [5, 5.41) is 57.2. The van der Waals surface area contributed by atoms with Crippen LogP contribution < -0.4 is 5.32 Å². The number of esters is 1. The first-order valence-electron chi connectivity index (χ1n) is 35.8. The van der Waals surface area contributed by atoms with Crippen molar-refractivity contribution in [2.24, 2.45) is 0 Å². The molecule has 488 valence electrons. The van der Waals surface area contributed by atoms with Crippen LogP contribution in [0.2, 0.25) is 0 Å². The van der Waals surface area contributed by atoms with Crippen LogP contribution in [0.15, 0.2) is 36.5 Å². The molecule has 0 saturated carbocycles. The Kier molecular flexibility index (Phi) is 57.2. The van der Waals surface area contributed by atoms with Crippen LogP contribution in [0.4, 0.5) is 0 Å². The number of amides is 1. The predicted octanol–water partition coefficient (Wildman–Crippen LogP) is 18.2. The Bertz CT molecular complexity index is 1490. The zero-order valence-corrected chi connectivity index (χ0v) is 54.3. The second-order valence-electron chi connectivity index (χ2n) is 25.0. The van der Waals surface area contributed by atoms with E-state index in [1.165, 1.54) is 238 Å². The van der Waals surface area contributed by atoms with Crippen LogP contribution in [0.25, 0.3) is 0 Å². The molecule has 11 nitrogen and oxygen atoms in total. The zero-order valence-electron chi connectivity index (χ0n) is 54.3. The van der Waals surface area contributed by atoms with E-state index in [-0.39, 0.29) is 13.0 Å². The minimum atomic E-state index is -1.61. The summed E-state index contributed by atoms with van der Waals surface area (Å²) in [5.41, 5.74) is 0. The molecule has 1 fully saturated rings. The van der Waals surface area contributed by atoms with Crippen molar-refractivity contribution in [3.05, 3.63) is 36.5 Å². The Labute approximate surface area is 511 Å². The second-order valence-corrected chi connectivity index (χ2v) is 25.0. The number of hydrogen-bond acceptors (Lipinski definition) is 10. The van der Waals surface area contributed by atoms with E-state index >= 15 is 0 Å². The van der Waals surface area contributed by atoms with Gasteiger partial charge in [-0.25, -0.2) is 0 Å². The smallest absolute Gasteiger partial charge is 0.306 e. The Hall–Kier alpha value is -2.12. The molecule has 0 aromatic carbocycles. The van der Waals surface area contributed by atoms with Gasteiger partial charge in [0.15, 0.2) is 12.4 Å². The molecule has 0 aromatic rings. The average molecular weight is 1170 g/mol. The number of carbonyl (C=O) groups excluding carboxylic acids is 2. The quantitative estimate of drug-likeness (QED) is 0.0195. The predicted molar refractivity (Wildman–Crippen MR) is 347 cm³/mol. The van der Waals surface area contributed by atoms with Crippen LogP contribution >= 0.6 is 0 Å². The van der Waals surface area contributed by atoms with E-state index < -0.39 is 67.4 Å². The van der Waals surface area contributed by atoms with Crippen LogP contribution in [0.3, 0.4) is 0 Å². The van der Waals surface area contributed by atoms with Gasteiger partial charge in [-0.05, 0) is 57.8 Å². The Morgan fingerprint density at radius 2 is 0.831 bits per heavy atom. The Balaban J connectivity index is 2.55. The molecule has 1 rings (SSSR count). The fourth-order valence-electron chi connectivity index (χ4n) is 11.4. The first kappa shape index (κ1) is 78.9. The highest BCUT2D eigenvalue weighted by Crippen LogP contribution is 2.26. The highest BCUT2D eigenvalue weighted by atomic mass is 16.7. The monoisotopic (exact) mass is 1170 g/mol. The van der Waals surface area contributed by atoms with Gasteiger partial charge in [0.05, 0.1) is 25.4 Å². The van der Waals surface area contributed by atoms with Gasteiger partial charge in [-0.2, -0.15) is 0 Å². The Morgan fingerprint density at radius 3 is 1.25 bits per heavy atom. The average Bonchev–Trinajstić information content (AvgIpc) is 3.52. The third-order valence-electron chi connectivity index (χ3n) is 17.0. The van der Waals surface area contributed by atoms with Crippen LogP contribution in [0.1, 0.15) is 348 Å². The molecule has 8 atom stereocenters. The molecular formula is C72H135NO10. The van der Waals surface area contributed by atoms with Gasteiger partial charge in [0.2, 0.25) is 5.91 Å². The largest absolute Gasteiger partial charge is 0.454 e. The van der Waals surface area contributed by atoms with Crippen molar-refractivity contribution in [3.8, 4) is 0 Å². The standard InChI is InChI=1S/C72H135NO10/c1-4-7-10-13-16-19-22-24-26-28-30-32-34-35-37-39-41-44-47-50-53-56-59-65(76)71(80)73-63(64(75)58-55-52-49-46-43-21-18-15-12-9-6-3)62-81-72-70(69(79)68(78)66(61-74)82-72)83-67(77)60-57-54-51-48-45-42-40-38-36-33-31-29-27-25-23-20-17-14-11-8-5-2/h16,19,24,26,55,58,63-66,68-70,72,74-76,78-79H,4-15,17-18,20-23,25,27-54,56-57,59-62H2,1-3H3,(H,73,80)/b19-16-,26-24-,58-55+. The van der Waals surface area contributed by atoms with Gasteiger partial charge >= 0.3 is 5.97 Å². The number of unbranched alkanes of at least 4 members (excludes halogenated alkanes) is 44. The van der Waals surface area contributed by atoms with E-state index in [0.717, 1.165) is 64.2 Å². The molecule has 1 aliphatic heterocycles. The number of nitrogens with one attached hydrogen (secondary N) is 1. The van der Waals surface area contributed by atoms with E-state index in [9.17, 15) is 35.1 Å². The van der Waals surface area contributed by atoms with E-state index in [4.69, 9.17) is 14.2 Å². The maximum absolute atomic E-state index is 13.5. The summed E-state index contributed by atoms with van der Waals surface area (Å²) in [7, 11) is 0. The molecule has 0 spiro atoms. The molecule has 1 saturated heterocycles. The van der Waals surface area contributed by atoms with E-state index in [2.05, 4.69) is 50.4 Å². The van der Waals surface area contributed by atoms with Crippen molar-refractivity contribution in [3.63, 3.8) is 0 Å². The summed E-state index contributed by atoms with van der Waals surface area (Å²) in [4.78, 5) is 26.7. The lowest BCUT2D eigenvalue weighted by atomic mass is 9.99. The second kappa shape index (κ2) is 60.2. The number of rotatable bonds is 62. The van der Waals surface area contributed by atoms with Crippen molar-refractivity contribution >= 4 is 11.9 Å². The minimum absolute atomic E-state index is 0.130. The maximum atomic E-state index is 13.5. The van der Waals surface area contributed by atoms with Gasteiger partial charge < -0.3 is 45.1 Å². The van der Waals surface area contributed by atoms with Crippen molar-refractivity contribution in [2.45, 2.75) is 397 Å². The number of aliphatic hydroxyl groups excluding tert-OH is 5. The minimum Gasteiger partial charge on any atom is -0.454 e.